The van der Waals surface area contributed by atoms with Gasteiger partial charge in [0.1, 0.15) is 5.75 Å². The molecule has 1 heterocycles. The number of para-hydroxylation sites is 1. The molecule has 1 N–H and O–H groups in total. The predicted molar refractivity (Wildman–Crippen MR) is 88.7 cm³/mol. The summed E-state index contributed by atoms with van der Waals surface area (Å²) < 4.78 is 29.4. The average Bonchev–Trinajstić information content (AvgIpc) is 2.61. The third-order valence-electron chi connectivity index (χ3n) is 4.07. The fourth-order valence-corrected chi connectivity index (χ4v) is 2.75. The molecule has 1 aliphatic rings. The summed E-state index contributed by atoms with van der Waals surface area (Å²) in [6.07, 6.45) is 1.24. The number of benzene rings is 1. The molecule has 1 fully saturated rings. The standard InChI is InChI=1S/C17H23F2N3O3/c1-20-8-4-7-15(23)21-9-11-22(12-10-21)16(24)13-5-2-3-6-14(13)25-17(18)19/h2-3,5-6,17,20H,4,7-12H2,1H3. The largest absolute Gasteiger partial charge is 0.434 e. The van der Waals surface area contributed by atoms with Crippen LogP contribution in [0.2, 0.25) is 0 Å². The van der Waals surface area contributed by atoms with E-state index in [2.05, 4.69) is 10.1 Å². The smallest absolute Gasteiger partial charge is 0.387 e. The molecule has 2 amide bonds. The van der Waals surface area contributed by atoms with Crippen molar-refractivity contribution in [3.05, 3.63) is 29.8 Å². The maximum atomic E-state index is 12.6. The van der Waals surface area contributed by atoms with Crippen molar-refractivity contribution in [3.63, 3.8) is 0 Å². The molecule has 1 aromatic carbocycles. The van der Waals surface area contributed by atoms with Crippen LogP contribution in [0.25, 0.3) is 0 Å². The van der Waals surface area contributed by atoms with Gasteiger partial charge in [-0.2, -0.15) is 8.78 Å². The minimum atomic E-state index is -2.99. The maximum absolute atomic E-state index is 12.6. The quantitative estimate of drug-likeness (QED) is 0.755. The highest BCUT2D eigenvalue weighted by molar-refractivity contribution is 5.97. The molecule has 1 aromatic rings. The van der Waals surface area contributed by atoms with Crippen LogP contribution in [0.4, 0.5) is 8.78 Å². The number of ether oxygens (including phenoxy) is 1. The molecule has 0 spiro atoms. The molecule has 138 valence electrons. The third-order valence-corrected chi connectivity index (χ3v) is 4.07. The van der Waals surface area contributed by atoms with Crippen LogP contribution in [0, 0.1) is 0 Å². The Hall–Kier alpha value is -2.22. The van der Waals surface area contributed by atoms with Crippen molar-refractivity contribution in [2.45, 2.75) is 19.5 Å². The molecular weight excluding hydrogens is 332 g/mol. The van der Waals surface area contributed by atoms with Crippen molar-refractivity contribution in [2.24, 2.45) is 0 Å². The second-order valence-electron chi connectivity index (χ2n) is 5.75. The number of nitrogens with zero attached hydrogens (tertiary/aromatic N) is 2. The van der Waals surface area contributed by atoms with E-state index in [1.165, 1.54) is 18.2 Å². The Morgan fingerprint density at radius 2 is 1.80 bits per heavy atom. The monoisotopic (exact) mass is 355 g/mol. The van der Waals surface area contributed by atoms with Crippen LogP contribution in [-0.2, 0) is 4.79 Å². The van der Waals surface area contributed by atoms with Crippen LogP contribution in [-0.4, -0.2) is 68.0 Å². The summed E-state index contributed by atoms with van der Waals surface area (Å²) in [5.41, 5.74) is 0.108. The van der Waals surface area contributed by atoms with Crippen molar-refractivity contribution in [1.29, 1.82) is 0 Å². The van der Waals surface area contributed by atoms with E-state index in [1.807, 2.05) is 7.05 Å². The van der Waals surface area contributed by atoms with Crippen LogP contribution in [0.15, 0.2) is 24.3 Å². The van der Waals surface area contributed by atoms with Gasteiger partial charge in [0, 0.05) is 32.6 Å². The third kappa shape index (κ3) is 5.38. The van der Waals surface area contributed by atoms with E-state index in [0.717, 1.165) is 13.0 Å². The summed E-state index contributed by atoms with van der Waals surface area (Å²) in [5.74, 6) is -0.421. The molecule has 1 aliphatic heterocycles. The minimum Gasteiger partial charge on any atom is -0.434 e. The molecule has 1 saturated heterocycles. The zero-order valence-electron chi connectivity index (χ0n) is 14.2. The molecule has 25 heavy (non-hydrogen) atoms. The Labute approximate surface area is 145 Å². The van der Waals surface area contributed by atoms with Crippen molar-refractivity contribution in [3.8, 4) is 5.75 Å². The number of piperazine rings is 1. The second kappa shape index (κ2) is 9.31. The van der Waals surface area contributed by atoms with Gasteiger partial charge in [-0.3, -0.25) is 9.59 Å². The first-order valence-corrected chi connectivity index (χ1v) is 8.28. The normalized spacial score (nSPS) is 14.7. The van der Waals surface area contributed by atoms with Gasteiger partial charge in [0.25, 0.3) is 5.91 Å². The number of halogens is 2. The van der Waals surface area contributed by atoms with Gasteiger partial charge in [-0.25, -0.2) is 0 Å². The van der Waals surface area contributed by atoms with Crippen LogP contribution >= 0.6 is 0 Å². The summed E-state index contributed by atoms with van der Waals surface area (Å²) in [6.45, 7) is -0.560. The van der Waals surface area contributed by atoms with Crippen molar-refractivity contribution in [2.75, 3.05) is 39.8 Å². The molecule has 0 aliphatic carbocycles. The first-order chi connectivity index (χ1) is 12.0. The van der Waals surface area contributed by atoms with Crippen molar-refractivity contribution >= 4 is 11.8 Å². The van der Waals surface area contributed by atoms with Crippen LogP contribution in [0.3, 0.4) is 0 Å². The van der Waals surface area contributed by atoms with E-state index in [-0.39, 0.29) is 23.1 Å². The van der Waals surface area contributed by atoms with Crippen LogP contribution in [0.5, 0.6) is 5.75 Å². The first kappa shape index (κ1) is 19.1. The predicted octanol–water partition coefficient (Wildman–Crippen LogP) is 1.57. The van der Waals surface area contributed by atoms with E-state index in [9.17, 15) is 18.4 Å². The van der Waals surface area contributed by atoms with E-state index in [4.69, 9.17) is 0 Å². The molecule has 0 unspecified atom stereocenters. The number of carbonyl (C=O) groups excluding carboxylic acids is 2. The van der Waals surface area contributed by atoms with Gasteiger partial charge >= 0.3 is 6.61 Å². The number of alkyl halides is 2. The Bertz CT molecular complexity index is 590. The molecule has 8 heteroatoms. The fraction of sp³-hybridized carbons (Fsp3) is 0.529. The Morgan fingerprint density at radius 3 is 2.44 bits per heavy atom. The number of nitrogens with one attached hydrogen (secondary N) is 1. The fourth-order valence-electron chi connectivity index (χ4n) is 2.75. The second-order valence-corrected chi connectivity index (χ2v) is 5.75. The molecule has 0 bridgehead atoms. The molecule has 0 radical (unpaired) electrons. The highest BCUT2D eigenvalue weighted by Gasteiger charge is 2.26. The van der Waals surface area contributed by atoms with Crippen LogP contribution < -0.4 is 10.1 Å². The van der Waals surface area contributed by atoms with E-state index < -0.39 is 6.61 Å². The topological polar surface area (TPSA) is 61.9 Å². The minimum absolute atomic E-state index is 0.0729. The highest BCUT2D eigenvalue weighted by atomic mass is 19.3. The summed E-state index contributed by atoms with van der Waals surface area (Å²) in [7, 11) is 1.84. The Morgan fingerprint density at radius 1 is 1.16 bits per heavy atom. The van der Waals surface area contributed by atoms with Gasteiger partial charge in [0.2, 0.25) is 5.91 Å². The maximum Gasteiger partial charge on any atom is 0.387 e. The zero-order valence-corrected chi connectivity index (χ0v) is 14.2. The van der Waals surface area contributed by atoms with E-state index in [1.54, 1.807) is 15.9 Å². The van der Waals surface area contributed by atoms with Crippen molar-refractivity contribution in [1.82, 2.24) is 15.1 Å². The van der Waals surface area contributed by atoms with Gasteiger partial charge < -0.3 is 19.9 Å². The SMILES string of the molecule is CNCCCC(=O)N1CCN(C(=O)c2ccccc2OC(F)F)CC1. The molecule has 6 nitrogen and oxygen atoms in total. The Kier molecular flexibility index (Phi) is 7.12. The van der Waals surface area contributed by atoms with E-state index in [0.29, 0.717) is 32.6 Å². The average molecular weight is 355 g/mol. The number of hydrogen-bond acceptors (Lipinski definition) is 4. The van der Waals surface area contributed by atoms with Crippen molar-refractivity contribution < 1.29 is 23.1 Å². The molecule has 0 saturated carbocycles. The lowest BCUT2D eigenvalue weighted by atomic mass is 10.1. The molecule has 2 rings (SSSR count). The lowest BCUT2D eigenvalue weighted by molar-refractivity contribution is -0.132. The number of hydrogen-bond donors (Lipinski definition) is 1. The lowest BCUT2D eigenvalue weighted by Crippen LogP contribution is -2.50. The zero-order chi connectivity index (χ0) is 18.2. The summed E-state index contributed by atoms with van der Waals surface area (Å²) in [6, 6.07) is 5.96. The summed E-state index contributed by atoms with van der Waals surface area (Å²) >= 11 is 0. The van der Waals surface area contributed by atoms with Gasteiger partial charge in [-0.15, -0.1) is 0 Å². The lowest BCUT2D eigenvalue weighted by Gasteiger charge is -2.35. The van der Waals surface area contributed by atoms with E-state index >= 15 is 0 Å². The van der Waals surface area contributed by atoms with Gasteiger partial charge in [-0.05, 0) is 32.1 Å². The van der Waals surface area contributed by atoms with Gasteiger partial charge in [-0.1, -0.05) is 12.1 Å². The number of amides is 2. The molecule has 0 aromatic heterocycles. The van der Waals surface area contributed by atoms with Gasteiger partial charge in [0.05, 0.1) is 5.56 Å². The summed E-state index contributed by atoms with van der Waals surface area (Å²) in [5, 5.41) is 3.00. The molecular formula is C17H23F2N3O3. The number of carbonyl (C=O) groups is 2. The summed E-state index contributed by atoms with van der Waals surface area (Å²) in [4.78, 5) is 28.0. The van der Waals surface area contributed by atoms with Crippen LogP contribution in [0.1, 0.15) is 23.2 Å². The Balaban J connectivity index is 1.92. The highest BCUT2D eigenvalue weighted by Crippen LogP contribution is 2.22. The molecule has 0 atom stereocenters. The first-order valence-electron chi connectivity index (χ1n) is 8.28. The van der Waals surface area contributed by atoms with Gasteiger partial charge in [0.15, 0.2) is 0 Å². The number of rotatable bonds is 7.